The monoisotopic (exact) mass is 296 g/mol. The van der Waals surface area contributed by atoms with Crippen LogP contribution in [0, 0.1) is 6.92 Å². The molecule has 0 aliphatic carbocycles. The predicted octanol–water partition coefficient (Wildman–Crippen LogP) is 2.88. The van der Waals surface area contributed by atoms with E-state index in [1.807, 2.05) is 19.1 Å². The average molecular weight is 297 g/mol. The second-order valence-electron chi connectivity index (χ2n) is 5.12. The summed E-state index contributed by atoms with van der Waals surface area (Å²) in [6.45, 7) is 7.21. The molecule has 1 saturated heterocycles. The summed E-state index contributed by atoms with van der Waals surface area (Å²) in [6.07, 6.45) is -0.262. The second-order valence-corrected chi connectivity index (χ2v) is 5.86. The van der Waals surface area contributed by atoms with Crippen LogP contribution in [0.2, 0.25) is 0 Å². The van der Waals surface area contributed by atoms with E-state index >= 15 is 0 Å². The number of carbonyl (C=O) groups excluding carboxylic acids is 1. The van der Waals surface area contributed by atoms with Gasteiger partial charge in [0, 0.05) is 31.9 Å². The molecule has 2 rings (SSSR count). The molecule has 110 valence electrons. The smallest absolute Gasteiger partial charge is 0.409 e. The summed E-state index contributed by atoms with van der Waals surface area (Å²) in [6, 6.07) is 8.32. The third kappa shape index (κ3) is 3.79. The highest BCUT2D eigenvalue weighted by Gasteiger charge is 2.23. The Bertz CT molecular complexity index is 457. The molecule has 1 aliphatic heterocycles. The standard InChI is InChI=1S/C15H21ClN2O2/c1-12-5-3-4-6-14(12)17-7-9-18(10-8-17)15(19)20-11-13(2)16/h3-6,13H,7-11H2,1-2H3. The number of alkyl halides is 1. The number of amides is 1. The number of hydrogen-bond acceptors (Lipinski definition) is 3. The molecular weight excluding hydrogens is 276 g/mol. The summed E-state index contributed by atoms with van der Waals surface area (Å²) in [5.74, 6) is 0. The number of rotatable bonds is 3. The van der Waals surface area contributed by atoms with Gasteiger partial charge in [0.2, 0.25) is 0 Å². The van der Waals surface area contributed by atoms with Crippen LogP contribution < -0.4 is 4.90 Å². The highest BCUT2D eigenvalue weighted by atomic mass is 35.5. The summed E-state index contributed by atoms with van der Waals surface area (Å²) < 4.78 is 5.14. The zero-order valence-corrected chi connectivity index (χ0v) is 12.8. The van der Waals surface area contributed by atoms with E-state index in [0.29, 0.717) is 13.1 Å². The zero-order valence-electron chi connectivity index (χ0n) is 12.0. The molecule has 1 aromatic rings. The molecule has 20 heavy (non-hydrogen) atoms. The normalized spacial score (nSPS) is 16.9. The molecule has 0 bridgehead atoms. The van der Waals surface area contributed by atoms with Crippen molar-refractivity contribution in [2.45, 2.75) is 19.2 Å². The third-order valence-electron chi connectivity index (χ3n) is 3.43. The van der Waals surface area contributed by atoms with Crippen molar-refractivity contribution in [2.24, 2.45) is 0 Å². The minimum atomic E-state index is -0.262. The Kier molecular flexibility index (Phi) is 5.12. The van der Waals surface area contributed by atoms with E-state index in [-0.39, 0.29) is 18.1 Å². The number of anilines is 1. The number of carbonyl (C=O) groups is 1. The number of nitrogens with zero attached hydrogens (tertiary/aromatic N) is 2. The molecule has 5 heteroatoms. The van der Waals surface area contributed by atoms with Crippen molar-refractivity contribution in [2.75, 3.05) is 37.7 Å². The van der Waals surface area contributed by atoms with E-state index < -0.39 is 0 Å². The van der Waals surface area contributed by atoms with Crippen LogP contribution >= 0.6 is 11.6 Å². The van der Waals surface area contributed by atoms with E-state index in [1.165, 1.54) is 11.3 Å². The molecule has 1 aromatic carbocycles. The molecule has 0 aromatic heterocycles. The maximum absolute atomic E-state index is 11.8. The van der Waals surface area contributed by atoms with Gasteiger partial charge in [-0.25, -0.2) is 4.79 Å². The first-order valence-electron chi connectivity index (χ1n) is 6.94. The fourth-order valence-corrected chi connectivity index (χ4v) is 2.39. The van der Waals surface area contributed by atoms with Crippen molar-refractivity contribution >= 4 is 23.4 Å². The molecule has 1 amide bonds. The molecular formula is C15H21ClN2O2. The summed E-state index contributed by atoms with van der Waals surface area (Å²) in [5.41, 5.74) is 2.51. The van der Waals surface area contributed by atoms with Crippen LogP contribution in [0.5, 0.6) is 0 Å². The predicted molar refractivity (Wildman–Crippen MR) is 81.6 cm³/mol. The van der Waals surface area contributed by atoms with Gasteiger partial charge in [0.1, 0.15) is 6.61 Å². The Balaban J connectivity index is 1.86. The number of halogens is 1. The van der Waals surface area contributed by atoms with Gasteiger partial charge in [-0.15, -0.1) is 11.6 Å². The summed E-state index contributed by atoms with van der Waals surface area (Å²) in [5, 5.41) is -0.146. The van der Waals surface area contributed by atoms with E-state index in [0.717, 1.165) is 13.1 Å². The van der Waals surface area contributed by atoms with Crippen LogP contribution in [-0.4, -0.2) is 49.2 Å². The Morgan fingerprint density at radius 2 is 1.95 bits per heavy atom. The van der Waals surface area contributed by atoms with Crippen molar-refractivity contribution in [3.05, 3.63) is 29.8 Å². The van der Waals surface area contributed by atoms with Crippen LogP contribution in [0.1, 0.15) is 12.5 Å². The molecule has 1 atom stereocenters. The SMILES string of the molecule is Cc1ccccc1N1CCN(C(=O)OCC(C)Cl)CC1. The van der Waals surface area contributed by atoms with Gasteiger partial charge in [-0.1, -0.05) is 18.2 Å². The lowest BCUT2D eigenvalue weighted by molar-refractivity contribution is 0.101. The lowest BCUT2D eigenvalue weighted by atomic mass is 10.1. The Morgan fingerprint density at radius 1 is 1.30 bits per heavy atom. The van der Waals surface area contributed by atoms with Gasteiger partial charge in [-0.2, -0.15) is 0 Å². The number of aryl methyl sites for hydroxylation is 1. The second kappa shape index (κ2) is 6.84. The van der Waals surface area contributed by atoms with E-state index in [1.54, 1.807) is 4.90 Å². The van der Waals surface area contributed by atoms with Crippen LogP contribution in [0.3, 0.4) is 0 Å². The number of hydrogen-bond donors (Lipinski definition) is 0. The van der Waals surface area contributed by atoms with Crippen molar-refractivity contribution in [3.63, 3.8) is 0 Å². The topological polar surface area (TPSA) is 32.8 Å². The van der Waals surface area contributed by atoms with Gasteiger partial charge in [0.05, 0.1) is 5.38 Å². The Hall–Kier alpha value is -1.42. The first-order valence-corrected chi connectivity index (χ1v) is 7.38. The Labute approximate surface area is 125 Å². The Morgan fingerprint density at radius 3 is 2.55 bits per heavy atom. The van der Waals surface area contributed by atoms with Crippen molar-refractivity contribution < 1.29 is 9.53 Å². The maximum Gasteiger partial charge on any atom is 0.409 e. The van der Waals surface area contributed by atoms with Gasteiger partial charge in [0.25, 0.3) is 0 Å². The molecule has 1 unspecified atom stereocenters. The first kappa shape index (κ1) is 15.0. The van der Waals surface area contributed by atoms with Crippen molar-refractivity contribution in [3.8, 4) is 0 Å². The van der Waals surface area contributed by atoms with E-state index in [4.69, 9.17) is 16.3 Å². The summed E-state index contributed by atoms with van der Waals surface area (Å²) >= 11 is 5.78. The molecule has 0 spiro atoms. The average Bonchev–Trinajstić information content (AvgIpc) is 2.45. The van der Waals surface area contributed by atoms with Crippen molar-refractivity contribution in [1.82, 2.24) is 4.90 Å². The highest BCUT2D eigenvalue weighted by molar-refractivity contribution is 6.20. The maximum atomic E-state index is 11.8. The number of ether oxygens (including phenoxy) is 1. The highest BCUT2D eigenvalue weighted by Crippen LogP contribution is 2.20. The minimum absolute atomic E-state index is 0.146. The van der Waals surface area contributed by atoms with E-state index in [2.05, 4.69) is 24.0 Å². The molecule has 1 aliphatic rings. The molecule has 0 saturated carbocycles. The van der Waals surface area contributed by atoms with Gasteiger partial charge >= 0.3 is 6.09 Å². The molecule has 4 nitrogen and oxygen atoms in total. The van der Waals surface area contributed by atoms with Crippen LogP contribution in [-0.2, 0) is 4.74 Å². The number of benzene rings is 1. The van der Waals surface area contributed by atoms with Crippen LogP contribution in [0.25, 0.3) is 0 Å². The van der Waals surface area contributed by atoms with Crippen molar-refractivity contribution in [1.29, 1.82) is 0 Å². The number of para-hydroxylation sites is 1. The molecule has 1 fully saturated rings. The van der Waals surface area contributed by atoms with Gasteiger partial charge in [0.15, 0.2) is 0 Å². The quantitative estimate of drug-likeness (QED) is 0.804. The van der Waals surface area contributed by atoms with E-state index in [9.17, 15) is 4.79 Å². The lowest BCUT2D eigenvalue weighted by Crippen LogP contribution is -2.49. The minimum Gasteiger partial charge on any atom is -0.448 e. The summed E-state index contributed by atoms with van der Waals surface area (Å²) in [7, 11) is 0. The lowest BCUT2D eigenvalue weighted by Gasteiger charge is -2.36. The fourth-order valence-electron chi connectivity index (χ4n) is 2.33. The molecule has 0 radical (unpaired) electrons. The molecule has 0 N–H and O–H groups in total. The molecule has 1 heterocycles. The van der Waals surface area contributed by atoms with Crippen LogP contribution in [0.4, 0.5) is 10.5 Å². The number of piperazine rings is 1. The fraction of sp³-hybridized carbons (Fsp3) is 0.533. The third-order valence-corrected chi connectivity index (χ3v) is 3.56. The van der Waals surface area contributed by atoms with Gasteiger partial charge in [-0.3, -0.25) is 0 Å². The van der Waals surface area contributed by atoms with Gasteiger partial charge < -0.3 is 14.5 Å². The van der Waals surface area contributed by atoms with Gasteiger partial charge in [-0.05, 0) is 25.5 Å². The van der Waals surface area contributed by atoms with Crippen LogP contribution in [0.15, 0.2) is 24.3 Å². The first-order chi connectivity index (χ1) is 9.58. The zero-order chi connectivity index (χ0) is 14.5. The summed E-state index contributed by atoms with van der Waals surface area (Å²) in [4.78, 5) is 15.9. The largest absolute Gasteiger partial charge is 0.448 e.